The summed E-state index contributed by atoms with van der Waals surface area (Å²) in [6.45, 7) is 6.19. The van der Waals surface area contributed by atoms with Crippen LogP contribution in [0.5, 0.6) is 5.75 Å². The number of carbonyl (C=O) groups is 4. The number of likely N-dealkylation sites (N-methyl/N-ethyl adjacent to an activating group) is 3. The van der Waals surface area contributed by atoms with Crippen LogP contribution in [0.15, 0.2) is 48.5 Å². The van der Waals surface area contributed by atoms with Crippen molar-refractivity contribution in [2.75, 3.05) is 52.8 Å². The molecule has 2 saturated heterocycles. The van der Waals surface area contributed by atoms with Gasteiger partial charge in [-0.15, -0.1) is 12.8 Å². The zero-order chi connectivity index (χ0) is 44.8. The highest BCUT2D eigenvalue weighted by molar-refractivity contribution is 5.94. The number of aliphatic hydroxyl groups is 2. The molecule has 60 heavy (non-hydrogen) atoms. The summed E-state index contributed by atoms with van der Waals surface area (Å²) < 4.78 is 32.3. The Kier molecular flexibility index (Phi) is 17.2. The summed E-state index contributed by atoms with van der Waals surface area (Å²) in [4.78, 5) is 61.9. The minimum atomic E-state index is -0.859. The van der Waals surface area contributed by atoms with Gasteiger partial charge in [0.25, 0.3) is 23.6 Å². The van der Waals surface area contributed by atoms with Gasteiger partial charge in [-0.1, -0.05) is 37.8 Å². The number of rotatable bonds is 5. The fraction of sp³-hybridized carbons (Fsp3) is 0.326. The van der Waals surface area contributed by atoms with Gasteiger partial charge in [0.05, 0.1) is 18.4 Å². The van der Waals surface area contributed by atoms with Gasteiger partial charge in [-0.2, -0.15) is 0 Å². The van der Waals surface area contributed by atoms with Crippen molar-refractivity contribution in [1.29, 1.82) is 0 Å². The number of nitrogens with two attached hydrogens (primary N) is 2. The van der Waals surface area contributed by atoms with E-state index in [4.69, 9.17) is 39.3 Å². The fourth-order valence-corrected chi connectivity index (χ4v) is 5.84. The smallest absolute Gasteiger partial charge is 0.267 e. The minimum absolute atomic E-state index is 0.0502. The topological polar surface area (TPSA) is 218 Å². The molecule has 2 fully saturated rings. The highest BCUT2D eigenvalue weighted by Crippen LogP contribution is 2.30. The SMILES string of the molecule is C#Cc1cc(-c2cc(OC)cc(C(N)=O)n2)c(F)cc1F.C#Cc1cccc(-c2nc(C(N)=O)c3c(n2)N(C)CC3)c1.CC.CN1CC[C@H](O)C1=O.CN1CC[C@H](O)C1=O. The van der Waals surface area contributed by atoms with E-state index in [-0.39, 0.29) is 40.1 Å². The maximum absolute atomic E-state index is 13.9. The zero-order valence-corrected chi connectivity index (χ0v) is 34.2. The normalized spacial score (nSPS) is 16.0. The molecule has 7 rings (SSSR count). The molecule has 3 aliphatic heterocycles. The summed E-state index contributed by atoms with van der Waals surface area (Å²) >= 11 is 0. The van der Waals surface area contributed by atoms with Crippen molar-refractivity contribution in [3.05, 3.63) is 88.2 Å². The Morgan fingerprint density at radius 1 is 0.817 bits per heavy atom. The third kappa shape index (κ3) is 11.8. The molecule has 2 aromatic heterocycles. The third-order valence-corrected chi connectivity index (χ3v) is 9.14. The van der Waals surface area contributed by atoms with Crippen LogP contribution >= 0.6 is 0 Å². The van der Waals surface area contributed by atoms with Crippen molar-refractivity contribution in [2.24, 2.45) is 11.5 Å². The number of hydrogen-bond acceptors (Lipinski definition) is 11. The molecule has 2 atom stereocenters. The molecule has 6 N–H and O–H groups in total. The van der Waals surface area contributed by atoms with E-state index in [2.05, 4.69) is 26.8 Å². The van der Waals surface area contributed by atoms with Crippen molar-refractivity contribution >= 4 is 29.4 Å². The molecule has 0 aliphatic carbocycles. The Hall–Kier alpha value is -6.95. The molecule has 0 bridgehead atoms. The first-order valence-corrected chi connectivity index (χ1v) is 18.7. The molecule has 4 aromatic rings. The van der Waals surface area contributed by atoms with Gasteiger partial charge < -0.3 is 41.1 Å². The molecule has 17 heteroatoms. The zero-order valence-electron chi connectivity index (χ0n) is 34.2. The number of anilines is 1. The van der Waals surface area contributed by atoms with E-state index in [0.29, 0.717) is 43.5 Å². The molecule has 0 saturated carbocycles. The number of pyridine rings is 1. The summed E-state index contributed by atoms with van der Waals surface area (Å²) in [5.41, 5.74) is 13.0. The van der Waals surface area contributed by atoms with Crippen molar-refractivity contribution in [3.63, 3.8) is 0 Å². The fourth-order valence-electron chi connectivity index (χ4n) is 5.84. The van der Waals surface area contributed by atoms with Crippen molar-refractivity contribution in [3.8, 4) is 53.1 Å². The lowest BCUT2D eigenvalue weighted by Gasteiger charge is -2.13. The number of primary amides is 2. The first-order valence-electron chi connectivity index (χ1n) is 18.7. The van der Waals surface area contributed by atoms with Crippen LogP contribution in [0.25, 0.3) is 22.6 Å². The van der Waals surface area contributed by atoms with Crippen molar-refractivity contribution in [1.82, 2.24) is 24.8 Å². The number of fused-ring (bicyclic) bond motifs is 1. The lowest BCUT2D eigenvalue weighted by Crippen LogP contribution is -2.24. The van der Waals surface area contributed by atoms with Crippen LogP contribution in [0.2, 0.25) is 0 Å². The lowest BCUT2D eigenvalue weighted by atomic mass is 10.1. The van der Waals surface area contributed by atoms with Crippen LogP contribution in [0.4, 0.5) is 14.6 Å². The highest BCUT2D eigenvalue weighted by atomic mass is 19.1. The predicted molar refractivity (Wildman–Crippen MR) is 221 cm³/mol. The van der Waals surface area contributed by atoms with Gasteiger partial charge in [-0.25, -0.2) is 23.7 Å². The molecule has 15 nitrogen and oxygen atoms in total. The van der Waals surface area contributed by atoms with Gasteiger partial charge >= 0.3 is 0 Å². The van der Waals surface area contributed by atoms with Crippen molar-refractivity contribution < 1.29 is 42.9 Å². The first kappa shape index (κ1) is 47.4. The molecule has 0 radical (unpaired) electrons. The summed E-state index contributed by atoms with van der Waals surface area (Å²) in [5, 5.41) is 17.6. The van der Waals surface area contributed by atoms with Crippen LogP contribution < -0.4 is 21.1 Å². The van der Waals surface area contributed by atoms with Crippen LogP contribution in [0.1, 0.15) is 64.4 Å². The Bertz CT molecular complexity index is 2260. The van der Waals surface area contributed by atoms with Crippen LogP contribution in [0.3, 0.4) is 0 Å². The highest BCUT2D eigenvalue weighted by Gasteiger charge is 2.28. The van der Waals surface area contributed by atoms with E-state index in [1.54, 1.807) is 14.1 Å². The number of halogens is 2. The number of benzene rings is 2. The second kappa shape index (κ2) is 21.7. The molecule has 3 aliphatic rings. The Morgan fingerprint density at radius 3 is 1.90 bits per heavy atom. The van der Waals surface area contributed by atoms with E-state index in [1.807, 2.05) is 50.1 Å². The molecule has 0 spiro atoms. The van der Waals surface area contributed by atoms with Gasteiger partial charge in [0, 0.05) is 81.2 Å². The standard InChI is InChI=1S/C16H14N4O.C15H10F2N2O2.2C5H9NO2.C2H6/c1-3-10-5-4-6-11(9-10)15-18-13(14(17)21)12-7-8-20(2)16(12)19-15;1-3-8-4-10(12(17)7-11(8)16)13-5-9(21-2)6-14(19-13)15(18)20;2*1-6-3-2-4(7)5(6)8;1-2/h1,4-6,9H,7-8H2,2H3,(H2,17,21);1,4-7H,2H3,(H2,18,20);2*4,7H,2-3H2,1H3;1-2H3/t;;2*4-;/m..00./s1. The molecule has 2 aromatic carbocycles. The van der Waals surface area contributed by atoms with Crippen LogP contribution in [0, 0.1) is 36.3 Å². The predicted octanol–water partition coefficient (Wildman–Crippen LogP) is 2.78. The number of likely N-dealkylation sites (tertiary alicyclic amines) is 2. The van der Waals surface area contributed by atoms with Crippen LogP contribution in [-0.2, 0) is 16.0 Å². The quantitative estimate of drug-likeness (QED) is 0.215. The maximum atomic E-state index is 13.9. The van der Waals surface area contributed by atoms with Gasteiger partial charge in [0.2, 0.25) is 0 Å². The number of ether oxygens (including phenoxy) is 1. The van der Waals surface area contributed by atoms with Crippen LogP contribution in [-0.4, -0.2) is 119 Å². The number of terminal acetylenes is 2. The molecular formula is C43H48F2N8O7. The maximum Gasteiger partial charge on any atom is 0.267 e. The summed E-state index contributed by atoms with van der Waals surface area (Å²) in [6, 6.07) is 11.9. The number of carbonyl (C=O) groups excluding carboxylic acids is 4. The summed E-state index contributed by atoms with van der Waals surface area (Å²) in [5.74, 6) is 2.85. The number of methoxy groups -OCH3 is 1. The molecule has 4 amide bonds. The number of nitrogens with zero attached hydrogens (tertiary/aromatic N) is 6. The van der Waals surface area contributed by atoms with Crippen molar-refractivity contribution in [2.45, 2.75) is 45.3 Å². The van der Waals surface area contributed by atoms with Gasteiger partial charge in [-0.05, 0) is 37.5 Å². The van der Waals surface area contributed by atoms with E-state index in [9.17, 15) is 28.0 Å². The second-order valence-corrected chi connectivity index (χ2v) is 13.2. The van der Waals surface area contributed by atoms with Gasteiger partial charge in [0.1, 0.15) is 46.8 Å². The average molecular weight is 827 g/mol. The second-order valence-electron chi connectivity index (χ2n) is 13.2. The molecule has 0 unspecified atom stereocenters. The van der Waals surface area contributed by atoms with E-state index >= 15 is 0 Å². The Balaban J connectivity index is 0.000000229. The summed E-state index contributed by atoms with van der Waals surface area (Å²) in [6.07, 6.45) is 11.0. The summed E-state index contributed by atoms with van der Waals surface area (Å²) in [7, 11) is 6.69. The Morgan fingerprint density at radius 2 is 1.43 bits per heavy atom. The molecule has 316 valence electrons. The van der Waals surface area contributed by atoms with Gasteiger partial charge in [-0.3, -0.25) is 19.2 Å². The Labute approximate surface area is 347 Å². The number of amides is 4. The average Bonchev–Trinajstić information content (AvgIpc) is 3.88. The largest absolute Gasteiger partial charge is 0.497 e. The molecule has 5 heterocycles. The number of hydrogen-bond donors (Lipinski definition) is 4. The minimum Gasteiger partial charge on any atom is -0.497 e. The van der Waals surface area contributed by atoms with E-state index < -0.39 is 35.7 Å². The van der Waals surface area contributed by atoms with E-state index in [1.165, 1.54) is 29.0 Å². The lowest BCUT2D eigenvalue weighted by molar-refractivity contribution is -0.133. The third-order valence-electron chi connectivity index (χ3n) is 9.14. The van der Waals surface area contributed by atoms with Gasteiger partial charge in [0.15, 0.2) is 5.82 Å². The number of aliphatic hydroxyl groups excluding tert-OH is 2. The number of aromatic nitrogens is 3. The molecular weight excluding hydrogens is 779 g/mol. The monoisotopic (exact) mass is 826 g/mol. The van der Waals surface area contributed by atoms with E-state index in [0.717, 1.165) is 41.5 Å². The first-order chi connectivity index (χ1) is 28.5.